The molecule has 0 radical (unpaired) electrons. The van der Waals surface area contributed by atoms with Gasteiger partial charge in [0.05, 0.1) is 11.8 Å². The Bertz CT molecular complexity index is 951. The monoisotopic (exact) mass is 406 g/mol. The van der Waals surface area contributed by atoms with Crippen molar-refractivity contribution in [3.63, 3.8) is 0 Å². The van der Waals surface area contributed by atoms with Gasteiger partial charge < -0.3 is 14.6 Å². The quantitative estimate of drug-likeness (QED) is 0.823. The second-order valence-electron chi connectivity index (χ2n) is 9.35. The van der Waals surface area contributed by atoms with Crippen LogP contribution in [0.1, 0.15) is 78.1 Å². The van der Waals surface area contributed by atoms with Crippen LogP contribution in [0.4, 0.5) is 0 Å². The van der Waals surface area contributed by atoms with Crippen LogP contribution in [0.5, 0.6) is 0 Å². The van der Waals surface area contributed by atoms with E-state index in [-0.39, 0.29) is 23.1 Å². The van der Waals surface area contributed by atoms with Gasteiger partial charge in [-0.2, -0.15) is 0 Å². The van der Waals surface area contributed by atoms with Gasteiger partial charge in [0.25, 0.3) is 5.91 Å². The first kappa shape index (κ1) is 19.4. The van der Waals surface area contributed by atoms with Crippen molar-refractivity contribution in [3.8, 4) is 0 Å². The predicted octanol–water partition coefficient (Wildman–Crippen LogP) is 4.31. The minimum atomic E-state index is 0.0683. The number of hydrogen-bond donors (Lipinski definition) is 1. The van der Waals surface area contributed by atoms with E-state index in [2.05, 4.69) is 29.6 Å². The van der Waals surface area contributed by atoms with Gasteiger partial charge in [0.15, 0.2) is 0 Å². The van der Waals surface area contributed by atoms with E-state index >= 15 is 0 Å². The number of amides is 2. The largest absolute Gasteiger partial charge is 0.469 e. The minimum Gasteiger partial charge on any atom is -0.469 e. The van der Waals surface area contributed by atoms with E-state index in [0.29, 0.717) is 23.8 Å². The smallest absolute Gasteiger partial charge is 0.257 e. The van der Waals surface area contributed by atoms with Crippen LogP contribution >= 0.6 is 0 Å². The number of nitrogens with zero attached hydrogens (tertiary/aromatic N) is 1. The molecule has 1 atom stereocenters. The lowest BCUT2D eigenvalue weighted by molar-refractivity contribution is -0.122. The first-order valence-electron chi connectivity index (χ1n) is 11.3. The van der Waals surface area contributed by atoms with Gasteiger partial charge in [-0.15, -0.1) is 0 Å². The maximum atomic E-state index is 12.9. The number of carbonyl (C=O) groups excluding carboxylic acids is 2. The van der Waals surface area contributed by atoms with E-state index in [1.807, 2.05) is 11.8 Å². The Morgan fingerprint density at radius 3 is 2.60 bits per heavy atom. The molecule has 1 saturated heterocycles. The summed E-state index contributed by atoms with van der Waals surface area (Å²) >= 11 is 0. The highest BCUT2D eigenvalue weighted by Crippen LogP contribution is 2.52. The van der Waals surface area contributed by atoms with Gasteiger partial charge in [0, 0.05) is 25.6 Å². The molecule has 1 N–H and O–H groups in total. The van der Waals surface area contributed by atoms with Gasteiger partial charge in [-0.25, -0.2) is 0 Å². The lowest BCUT2D eigenvalue weighted by atomic mass is 9.73. The van der Waals surface area contributed by atoms with E-state index in [4.69, 9.17) is 4.42 Å². The summed E-state index contributed by atoms with van der Waals surface area (Å²) in [4.78, 5) is 27.5. The topological polar surface area (TPSA) is 62.6 Å². The van der Waals surface area contributed by atoms with Crippen molar-refractivity contribution in [3.05, 3.63) is 59.0 Å². The summed E-state index contributed by atoms with van der Waals surface area (Å²) in [7, 11) is 0. The average molecular weight is 407 g/mol. The molecule has 1 spiro atoms. The van der Waals surface area contributed by atoms with Crippen LogP contribution < -0.4 is 5.32 Å². The van der Waals surface area contributed by atoms with Crippen LogP contribution in [-0.2, 0) is 10.2 Å². The molecule has 5 nitrogen and oxygen atoms in total. The zero-order valence-electron chi connectivity index (χ0n) is 17.7. The third-order valence-electron chi connectivity index (χ3n) is 7.61. The van der Waals surface area contributed by atoms with Crippen molar-refractivity contribution in [2.75, 3.05) is 13.1 Å². The second-order valence-corrected chi connectivity index (χ2v) is 9.35. The van der Waals surface area contributed by atoms with Crippen molar-refractivity contribution in [1.29, 1.82) is 0 Å². The highest BCUT2D eigenvalue weighted by atomic mass is 16.3. The molecular weight excluding hydrogens is 376 g/mol. The number of fused-ring (bicyclic) bond motifs is 2. The summed E-state index contributed by atoms with van der Waals surface area (Å²) in [5.74, 6) is 1.22. The fraction of sp³-hybridized carbons (Fsp3) is 0.520. The number of furan rings is 1. The molecule has 5 rings (SSSR count). The maximum Gasteiger partial charge on any atom is 0.257 e. The minimum absolute atomic E-state index is 0.0683. The summed E-state index contributed by atoms with van der Waals surface area (Å²) in [5, 5.41) is 3.21. The molecule has 1 aromatic heterocycles. The highest BCUT2D eigenvalue weighted by molar-refractivity contribution is 5.95. The molecule has 2 fully saturated rings. The Balaban J connectivity index is 1.29. The van der Waals surface area contributed by atoms with Gasteiger partial charge in [0.1, 0.15) is 5.76 Å². The van der Waals surface area contributed by atoms with Gasteiger partial charge in [-0.1, -0.05) is 24.3 Å². The number of aryl methyl sites for hydroxylation is 1. The van der Waals surface area contributed by atoms with Crippen LogP contribution in [0.3, 0.4) is 0 Å². The number of piperidine rings is 1. The summed E-state index contributed by atoms with van der Waals surface area (Å²) < 4.78 is 5.32. The normalized spacial score (nSPS) is 22.6. The molecule has 1 aliphatic heterocycles. The van der Waals surface area contributed by atoms with Crippen LogP contribution in [0, 0.1) is 6.92 Å². The third-order valence-corrected chi connectivity index (χ3v) is 7.61. The molecule has 2 aliphatic carbocycles. The lowest BCUT2D eigenvalue weighted by Crippen LogP contribution is -2.44. The highest BCUT2D eigenvalue weighted by Gasteiger charge is 2.46. The van der Waals surface area contributed by atoms with Crippen molar-refractivity contribution >= 4 is 11.8 Å². The molecule has 2 amide bonds. The molecule has 1 saturated carbocycles. The van der Waals surface area contributed by atoms with Crippen LogP contribution in [-0.4, -0.2) is 35.8 Å². The summed E-state index contributed by atoms with van der Waals surface area (Å²) in [6.07, 6.45) is 8.55. The van der Waals surface area contributed by atoms with Crippen molar-refractivity contribution in [2.24, 2.45) is 0 Å². The van der Waals surface area contributed by atoms with Gasteiger partial charge >= 0.3 is 0 Å². The number of hydrogen-bond acceptors (Lipinski definition) is 3. The fourth-order valence-corrected chi connectivity index (χ4v) is 5.66. The molecule has 1 aromatic carbocycles. The summed E-state index contributed by atoms with van der Waals surface area (Å²) in [5.41, 5.74) is 3.49. The Hall–Kier alpha value is -2.56. The molecular formula is C25H30N2O3. The second kappa shape index (κ2) is 7.60. The van der Waals surface area contributed by atoms with E-state index in [0.717, 1.165) is 45.2 Å². The van der Waals surface area contributed by atoms with Crippen molar-refractivity contribution in [2.45, 2.75) is 69.2 Å². The zero-order chi connectivity index (χ0) is 20.7. The molecule has 0 bridgehead atoms. The Morgan fingerprint density at radius 2 is 1.93 bits per heavy atom. The van der Waals surface area contributed by atoms with Crippen molar-refractivity contribution < 1.29 is 14.0 Å². The molecule has 30 heavy (non-hydrogen) atoms. The molecule has 2 heterocycles. The lowest BCUT2D eigenvalue weighted by Gasteiger charge is -2.40. The van der Waals surface area contributed by atoms with E-state index < -0.39 is 0 Å². The Morgan fingerprint density at radius 1 is 1.17 bits per heavy atom. The van der Waals surface area contributed by atoms with Crippen molar-refractivity contribution in [1.82, 2.24) is 10.2 Å². The molecule has 158 valence electrons. The first-order chi connectivity index (χ1) is 14.6. The number of benzene rings is 1. The van der Waals surface area contributed by atoms with Gasteiger partial charge in [-0.3, -0.25) is 9.59 Å². The molecule has 5 heteroatoms. The SMILES string of the molecule is Cc1occc1C(=O)N1CCC2(CC1)CC(CC(=O)NC1CCC1)c1ccccc12. The van der Waals surface area contributed by atoms with Gasteiger partial charge in [-0.05, 0) is 74.0 Å². The van der Waals surface area contributed by atoms with Gasteiger partial charge in [0.2, 0.25) is 5.91 Å². The summed E-state index contributed by atoms with van der Waals surface area (Å²) in [6, 6.07) is 10.8. The van der Waals surface area contributed by atoms with E-state index in [1.165, 1.54) is 17.5 Å². The fourth-order valence-electron chi connectivity index (χ4n) is 5.66. The third kappa shape index (κ3) is 3.34. The Labute approximate surface area is 177 Å². The van der Waals surface area contributed by atoms with E-state index in [1.54, 1.807) is 12.3 Å². The van der Waals surface area contributed by atoms with E-state index in [9.17, 15) is 9.59 Å². The number of nitrogens with one attached hydrogen (secondary N) is 1. The van der Waals surface area contributed by atoms with Crippen LogP contribution in [0.2, 0.25) is 0 Å². The molecule has 2 aromatic rings. The number of rotatable bonds is 4. The molecule has 3 aliphatic rings. The zero-order valence-corrected chi connectivity index (χ0v) is 17.7. The average Bonchev–Trinajstić information content (AvgIpc) is 3.27. The Kier molecular flexibility index (Phi) is 4.92. The first-order valence-corrected chi connectivity index (χ1v) is 11.3. The summed E-state index contributed by atoms with van der Waals surface area (Å²) in [6.45, 7) is 3.34. The number of likely N-dealkylation sites (tertiary alicyclic amines) is 1. The predicted molar refractivity (Wildman–Crippen MR) is 114 cm³/mol. The standard InChI is InChI=1S/C25H30N2O3/c1-17-20(9-14-30-17)24(29)27-12-10-25(11-13-27)16-18(21-7-2-3-8-22(21)25)15-23(28)26-19-5-4-6-19/h2-3,7-9,14,18-19H,4-6,10-13,15-16H2,1H3,(H,26,28). The maximum absolute atomic E-state index is 12.9. The number of carbonyl (C=O) groups is 2. The van der Waals surface area contributed by atoms with Crippen LogP contribution in [0.15, 0.2) is 41.0 Å². The van der Waals surface area contributed by atoms with Crippen LogP contribution in [0.25, 0.3) is 0 Å². The molecule has 1 unspecified atom stereocenters.